The van der Waals surface area contributed by atoms with Gasteiger partial charge in [-0.05, 0) is 71.3 Å². The van der Waals surface area contributed by atoms with Gasteiger partial charge in [0, 0.05) is 18.5 Å². The van der Waals surface area contributed by atoms with Gasteiger partial charge in [0.25, 0.3) is 0 Å². The Morgan fingerprint density at radius 1 is 1.14 bits per heavy atom. The van der Waals surface area contributed by atoms with Crippen molar-refractivity contribution in [3.63, 3.8) is 0 Å². The number of rotatable bonds is 9. The highest BCUT2D eigenvalue weighted by atomic mass is 32.2. The van der Waals surface area contributed by atoms with Gasteiger partial charge in [-0.15, -0.1) is 0 Å². The smallest absolute Gasteiger partial charge is 0.410 e. The van der Waals surface area contributed by atoms with E-state index in [4.69, 9.17) is 8.92 Å². The number of allylic oxidation sites excluding steroid dienone is 1. The second kappa shape index (κ2) is 13.7. The topological polar surface area (TPSA) is 105 Å². The number of piperidine rings is 1. The normalized spacial score (nSPS) is 19.7. The number of hydrogen-bond acceptors (Lipinski definition) is 6. The van der Waals surface area contributed by atoms with E-state index in [-0.39, 0.29) is 23.8 Å². The van der Waals surface area contributed by atoms with Gasteiger partial charge in [-0.2, -0.15) is 0 Å². The van der Waals surface area contributed by atoms with Crippen LogP contribution in [0.25, 0.3) is 0 Å². The molecule has 0 spiro atoms. The minimum absolute atomic E-state index is 0.0276. The van der Waals surface area contributed by atoms with Gasteiger partial charge in [-0.1, -0.05) is 34.6 Å². The molecule has 10 heteroatoms. The molecule has 1 fully saturated rings. The van der Waals surface area contributed by atoms with Gasteiger partial charge >= 0.3 is 6.09 Å². The molecule has 0 aliphatic carbocycles. The largest absolute Gasteiger partial charge is 0.444 e. The van der Waals surface area contributed by atoms with Crippen molar-refractivity contribution in [3.05, 3.63) is 11.0 Å². The standard InChI is InChI=1S/C27H49N3O6S/c1-12-35-37(34)19(4)17-21(18(2)3)29(11)24(32)22(26(5,6)7)28-23(31)20-15-13-14-16-30(20)25(33)36-27(8,9)10/h17-18,20-22H,12-16H2,1-11H3,(H,28,31)/b19-17+/t20?,21-,22-,37?/m1/s1. The average molecular weight is 544 g/mol. The van der Waals surface area contributed by atoms with Crippen molar-refractivity contribution in [2.24, 2.45) is 11.3 Å². The van der Waals surface area contributed by atoms with Crippen LogP contribution in [0.15, 0.2) is 11.0 Å². The molecule has 214 valence electrons. The summed E-state index contributed by atoms with van der Waals surface area (Å²) in [5, 5.41) is 2.96. The Kier molecular flexibility index (Phi) is 12.3. The van der Waals surface area contributed by atoms with Crippen molar-refractivity contribution in [2.75, 3.05) is 20.2 Å². The minimum Gasteiger partial charge on any atom is -0.444 e. The third kappa shape index (κ3) is 10.0. The zero-order valence-corrected chi connectivity index (χ0v) is 25.5. The lowest BCUT2D eigenvalue weighted by Gasteiger charge is -2.40. The molecule has 1 N–H and O–H groups in total. The number of ether oxygens (including phenoxy) is 1. The second-order valence-corrected chi connectivity index (χ2v) is 13.4. The fourth-order valence-electron chi connectivity index (χ4n) is 4.23. The average Bonchev–Trinajstić information content (AvgIpc) is 2.77. The first-order chi connectivity index (χ1) is 16.9. The third-order valence-electron chi connectivity index (χ3n) is 6.20. The van der Waals surface area contributed by atoms with Crippen LogP contribution >= 0.6 is 0 Å². The van der Waals surface area contributed by atoms with E-state index in [2.05, 4.69) is 5.32 Å². The van der Waals surface area contributed by atoms with Crippen LogP contribution in [0.4, 0.5) is 4.79 Å². The van der Waals surface area contributed by atoms with E-state index in [1.54, 1.807) is 52.6 Å². The van der Waals surface area contributed by atoms with Crippen molar-refractivity contribution in [3.8, 4) is 0 Å². The van der Waals surface area contributed by atoms with E-state index in [1.807, 2.05) is 34.6 Å². The lowest BCUT2D eigenvalue weighted by Crippen LogP contribution is -2.60. The summed E-state index contributed by atoms with van der Waals surface area (Å²) >= 11 is -1.58. The fourth-order valence-corrected chi connectivity index (χ4v) is 4.88. The molecule has 1 aliphatic rings. The molecule has 0 aromatic heterocycles. The van der Waals surface area contributed by atoms with Crippen molar-refractivity contribution in [2.45, 2.75) is 112 Å². The van der Waals surface area contributed by atoms with E-state index in [9.17, 15) is 18.6 Å². The summed E-state index contributed by atoms with van der Waals surface area (Å²) in [4.78, 5) is 43.7. The molecule has 37 heavy (non-hydrogen) atoms. The highest BCUT2D eigenvalue weighted by molar-refractivity contribution is 7.84. The summed E-state index contributed by atoms with van der Waals surface area (Å²) in [5.41, 5.74) is -1.27. The van der Waals surface area contributed by atoms with E-state index in [0.29, 0.717) is 24.5 Å². The van der Waals surface area contributed by atoms with Gasteiger partial charge in [0.1, 0.15) is 17.7 Å². The molecule has 0 aromatic carbocycles. The highest BCUT2D eigenvalue weighted by Crippen LogP contribution is 2.26. The Morgan fingerprint density at radius 2 is 1.73 bits per heavy atom. The first-order valence-electron chi connectivity index (χ1n) is 13.2. The fraction of sp³-hybridized carbons (Fsp3) is 0.815. The molecule has 2 unspecified atom stereocenters. The summed E-state index contributed by atoms with van der Waals surface area (Å²) in [6.45, 7) is 19.3. The molecular formula is C27H49N3O6S. The Morgan fingerprint density at radius 3 is 2.22 bits per heavy atom. The van der Waals surface area contributed by atoms with Crippen molar-refractivity contribution in [1.82, 2.24) is 15.1 Å². The van der Waals surface area contributed by atoms with E-state index in [1.165, 1.54) is 4.90 Å². The van der Waals surface area contributed by atoms with Crippen LogP contribution in [0, 0.1) is 11.3 Å². The van der Waals surface area contributed by atoms with Crippen LogP contribution in [0.1, 0.15) is 88.5 Å². The molecule has 1 heterocycles. The quantitative estimate of drug-likeness (QED) is 0.462. The van der Waals surface area contributed by atoms with Gasteiger partial charge in [0.2, 0.25) is 11.8 Å². The SMILES string of the molecule is CCOS(=O)/C(C)=C/[C@H](C(C)C)N(C)C(=O)[C@@H](NC(=O)C1CCCCN1C(=O)OC(C)(C)C)C(C)(C)C. The number of carbonyl (C=O) groups excluding carboxylic acids is 3. The Labute approximate surface area is 226 Å². The molecule has 0 bridgehead atoms. The van der Waals surface area contributed by atoms with Gasteiger partial charge in [-0.3, -0.25) is 18.7 Å². The zero-order chi connectivity index (χ0) is 28.7. The number of nitrogens with zero attached hydrogens (tertiary/aromatic N) is 2. The first kappa shape index (κ1) is 33.1. The third-order valence-corrected chi connectivity index (χ3v) is 7.32. The lowest BCUT2D eigenvalue weighted by atomic mass is 9.84. The number of hydrogen-bond donors (Lipinski definition) is 1. The van der Waals surface area contributed by atoms with Crippen LogP contribution in [0.5, 0.6) is 0 Å². The van der Waals surface area contributed by atoms with Gasteiger partial charge in [0.05, 0.1) is 12.6 Å². The second-order valence-electron chi connectivity index (χ2n) is 12.1. The molecule has 9 nitrogen and oxygen atoms in total. The predicted molar refractivity (Wildman–Crippen MR) is 147 cm³/mol. The molecule has 0 saturated carbocycles. The summed E-state index contributed by atoms with van der Waals surface area (Å²) in [6.07, 6.45) is 3.37. The summed E-state index contributed by atoms with van der Waals surface area (Å²) in [6, 6.07) is -1.89. The minimum atomic E-state index is -1.58. The predicted octanol–water partition coefficient (Wildman–Crippen LogP) is 4.39. The summed E-state index contributed by atoms with van der Waals surface area (Å²) in [7, 11) is 1.69. The maximum atomic E-state index is 13.8. The Hall–Kier alpha value is -1.94. The number of likely N-dealkylation sites (tertiary alicyclic amines) is 1. The van der Waals surface area contributed by atoms with E-state index < -0.39 is 40.3 Å². The molecule has 0 aromatic rings. The van der Waals surface area contributed by atoms with Crippen molar-refractivity contribution >= 4 is 29.0 Å². The molecule has 4 atom stereocenters. The van der Waals surface area contributed by atoms with Crippen LogP contribution in [0.3, 0.4) is 0 Å². The van der Waals surface area contributed by atoms with Crippen LogP contribution in [0.2, 0.25) is 0 Å². The van der Waals surface area contributed by atoms with Gasteiger partial charge in [-0.25, -0.2) is 9.00 Å². The molecule has 1 saturated heterocycles. The molecule has 1 aliphatic heterocycles. The Bertz CT molecular complexity index is 859. The lowest BCUT2D eigenvalue weighted by molar-refractivity contribution is -0.141. The van der Waals surface area contributed by atoms with E-state index >= 15 is 0 Å². The van der Waals surface area contributed by atoms with E-state index in [0.717, 1.165) is 12.8 Å². The number of nitrogens with one attached hydrogen (secondary N) is 1. The molecular weight excluding hydrogens is 494 g/mol. The van der Waals surface area contributed by atoms with Crippen molar-refractivity contribution < 1.29 is 27.5 Å². The summed E-state index contributed by atoms with van der Waals surface area (Å²) < 4.78 is 23.0. The van der Waals surface area contributed by atoms with Gasteiger partial charge < -0.3 is 15.0 Å². The zero-order valence-electron chi connectivity index (χ0n) is 24.7. The number of likely N-dealkylation sites (N-methyl/N-ethyl adjacent to an activating group) is 1. The van der Waals surface area contributed by atoms with Crippen LogP contribution < -0.4 is 5.32 Å². The van der Waals surface area contributed by atoms with Crippen LogP contribution in [-0.2, 0) is 29.6 Å². The Balaban J connectivity index is 3.20. The van der Waals surface area contributed by atoms with Crippen LogP contribution in [-0.4, -0.2) is 75.8 Å². The maximum absolute atomic E-state index is 13.8. The molecule has 1 rings (SSSR count). The first-order valence-corrected chi connectivity index (χ1v) is 14.3. The highest BCUT2D eigenvalue weighted by Gasteiger charge is 2.41. The monoisotopic (exact) mass is 543 g/mol. The van der Waals surface area contributed by atoms with Gasteiger partial charge in [0.15, 0.2) is 11.1 Å². The molecule has 3 amide bonds. The number of amides is 3. The number of carbonyl (C=O) groups is 3. The van der Waals surface area contributed by atoms with Crippen molar-refractivity contribution in [1.29, 1.82) is 0 Å². The maximum Gasteiger partial charge on any atom is 0.410 e. The summed E-state index contributed by atoms with van der Waals surface area (Å²) in [5.74, 6) is -0.595. The molecule has 0 radical (unpaired) electrons.